The lowest BCUT2D eigenvalue weighted by molar-refractivity contribution is 0.0817. The van der Waals surface area contributed by atoms with E-state index in [1.165, 1.54) is 56.1 Å². The molecule has 1 atom stereocenters. The van der Waals surface area contributed by atoms with Crippen LogP contribution in [0.15, 0.2) is 24.3 Å². The Bertz CT molecular complexity index is 405. The molecule has 1 rings (SSSR count). The van der Waals surface area contributed by atoms with Crippen molar-refractivity contribution in [3.8, 4) is 0 Å². The molecule has 0 aromatic heterocycles. The van der Waals surface area contributed by atoms with Crippen molar-refractivity contribution in [2.45, 2.75) is 70.3 Å². The molecule has 0 saturated heterocycles. The number of nitrogens with two attached hydrogens (primary N) is 1. The van der Waals surface area contributed by atoms with E-state index in [9.17, 15) is 5.11 Å². The lowest BCUT2D eigenvalue weighted by atomic mass is 9.93. The molecule has 0 amide bonds. The van der Waals surface area contributed by atoms with E-state index >= 15 is 0 Å². The first-order valence-corrected chi connectivity index (χ1v) is 9.10. The van der Waals surface area contributed by atoms with Crippen molar-refractivity contribution < 1.29 is 9.84 Å². The zero-order valence-corrected chi connectivity index (χ0v) is 15.0. The van der Waals surface area contributed by atoms with E-state index in [0.29, 0.717) is 6.61 Å². The van der Waals surface area contributed by atoms with E-state index < -0.39 is 5.54 Å². The van der Waals surface area contributed by atoms with Crippen molar-refractivity contribution in [3.05, 3.63) is 35.4 Å². The van der Waals surface area contributed by atoms with Crippen LogP contribution in [0.25, 0.3) is 0 Å². The van der Waals surface area contributed by atoms with Crippen LogP contribution in [0.2, 0.25) is 0 Å². The topological polar surface area (TPSA) is 55.5 Å². The van der Waals surface area contributed by atoms with Gasteiger partial charge in [-0.25, -0.2) is 0 Å². The molecule has 132 valence electrons. The molecule has 1 aromatic rings. The van der Waals surface area contributed by atoms with E-state index in [4.69, 9.17) is 10.5 Å². The van der Waals surface area contributed by atoms with Crippen LogP contribution in [-0.4, -0.2) is 31.0 Å². The second-order valence-corrected chi connectivity index (χ2v) is 6.79. The van der Waals surface area contributed by atoms with Gasteiger partial charge in [0.15, 0.2) is 0 Å². The highest BCUT2D eigenvalue weighted by Gasteiger charge is 2.23. The number of unbranched alkanes of at least 4 members (excludes halogenated alkanes) is 5. The average Bonchev–Trinajstić information content (AvgIpc) is 2.57. The van der Waals surface area contributed by atoms with Gasteiger partial charge >= 0.3 is 0 Å². The van der Waals surface area contributed by atoms with Crippen molar-refractivity contribution in [1.29, 1.82) is 0 Å². The van der Waals surface area contributed by atoms with Crippen LogP contribution in [0, 0.1) is 0 Å². The SMILES string of the molecule is CCCCCCCCc1ccc(CC[C@@](N)(CO)COC)cc1. The van der Waals surface area contributed by atoms with E-state index in [-0.39, 0.29) is 6.61 Å². The summed E-state index contributed by atoms with van der Waals surface area (Å²) >= 11 is 0. The highest BCUT2D eigenvalue weighted by Crippen LogP contribution is 2.15. The quantitative estimate of drug-likeness (QED) is 0.542. The molecule has 1 aromatic carbocycles. The van der Waals surface area contributed by atoms with Crippen molar-refractivity contribution in [2.24, 2.45) is 5.73 Å². The fourth-order valence-corrected chi connectivity index (χ4v) is 2.86. The highest BCUT2D eigenvalue weighted by molar-refractivity contribution is 5.23. The molecule has 0 heterocycles. The summed E-state index contributed by atoms with van der Waals surface area (Å²) < 4.78 is 5.10. The van der Waals surface area contributed by atoms with Crippen molar-refractivity contribution >= 4 is 0 Å². The first kappa shape index (κ1) is 20.1. The molecule has 0 aliphatic heterocycles. The summed E-state index contributed by atoms with van der Waals surface area (Å²) in [5.41, 5.74) is 8.19. The van der Waals surface area contributed by atoms with Gasteiger partial charge in [-0.15, -0.1) is 0 Å². The van der Waals surface area contributed by atoms with E-state index in [0.717, 1.165) is 12.8 Å². The standard InChI is InChI=1S/C20H35NO2/c1-3-4-5-6-7-8-9-18-10-12-19(13-11-18)14-15-20(21,16-22)17-23-2/h10-13,22H,3-9,14-17,21H2,1-2H3/t20-/m1/s1. The lowest BCUT2D eigenvalue weighted by Gasteiger charge is -2.26. The minimum atomic E-state index is -0.633. The van der Waals surface area contributed by atoms with Gasteiger partial charge in [0.25, 0.3) is 0 Å². The van der Waals surface area contributed by atoms with Crippen LogP contribution in [0.4, 0.5) is 0 Å². The molecule has 0 spiro atoms. The maximum Gasteiger partial charge on any atom is 0.0665 e. The predicted molar refractivity (Wildman–Crippen MR) is 97.7 cm³/mol. The Kier molecular flexibility index (Phi) is 10.2. The lowest BCUT2D eigenvalue weighted by Crippen LogP contribution is -2.48. The maximum atomic E-state index is 9.41. The fourth-order valence-electron chi connectivity index (χ4n) is 2.86. The van der Waals surface area contributed by atoms with Gasteiger partial charge in [0, 0.05) is 7.11 Å². The molecule has 3 nitrogen and oxygen atoms in total. The fraction of sp³-hybridized carbons (Fsp3) is 0.700. The molecule has 23 heavy (non-hydrogen) atoms. The van der Waals surface area contributed by atoms with Crippen LogP contribution in [0.3, 0.4) is 0 Å². The second kappa shape index (κ2) is 11.6. The Morgan fingerprint density at radius 3 is 2.09 bits per heavy atom. The third kappa shape index (κ3) is 8.50. The number of hydrogen-bond donors (Lipinski definition) is 2. The number of hydrogen-bond acceptors (Lipinski definition) is 3. The average molecular weight is 322 g/mol. The Morgan fingerprint density at radius 2 is 1.52 bits per heavy atom. The van der Waals surface area contributed by atoms with Crippen LogP contribution >= 0.6 is 0 Å². The normalized spacial score (nSPS) is 13.9. The van der Waals surface area contributed by atoms with Crippen LogP contribution in [0.5, 0.6) is 0 Å². The Morgan fingerprint density at radius 1 is 0.957 bits per heavy atom. The number of methoxy groups -OCH3 is 1. The number of aryl methyl sites for hydroxylation is 2. The molecule has 0 fully saturated rings. The van der Waals surface area contributed by atoms with Crippen molar-refractivity contribution in [3.63, 3.8) is 0 Å². The van der Waals surface area contributed by atoms with Crippen LogP contribution < -0.4 is 5.73 Å². The van der Waals surface area contributed by atoms with Gasteiger partial charge in [-0.2, -0.15) is 0 Å². The largest absolute Gasteiger partial charge is 0.394 e. The molecule has 0 unspecified atom stereocenters. The zero-order chi connectivity index (χ0) is 17.0. The molecule has 0 aliphatic rings. The van der Waals surface area contributed by atoms with Gasteiger partial charge in [0.1, 0.15) is 0 Å². The molecular weight excluding hydrogens is 286 g/mol. The minimum Gasteiger partial charge on any atom is -0.394 e. The molecule has 0 bridgehead atoms. The van der Waals surface area contributed by atoms with Crippen LogP contribution in [0.1, 0.15) is 63.0 Å². The molecule has 0 saturated carbocycles. The van der Waals surface area contributed by atoms with Gasteiger partial charge in [-0.1, -0.05) is 63.3 Å². The Balaban J connectivity index is 2.30. The molecule has 0 aliphatic carbocycles. The number of aliphatic hydroxyl groups is 1. The zero-order valence-electron chi connectivity index (χ0n) is 15.0. The summed E-state index contributed by atoms with van der Waals surface area (Å²) in [6.07, 6.45) is 10.8. The third-order valence-electron chi connectivity index (χ3n) is 4.50. The summed E-state index contributed by atoms with van der Waals surface area (Å²) in [7, 11) is 1.62. The second-order valence-electron chi connectivity index (χ2n) is 6.79. The first-order chi connectivity index (χ1) is 11.1. The maximum absolute atomic E-state index is 9.41. The van der Waals surface area contributed by atoms with Gasteiger partial charge in [-0.3, -0.25) is 0 Å². The van der Waals surface area contributed by atoms with Gasteiger partial charge < -0.3 is 15.6 Å². The number of rotatable bonds is 13. The van der Waals surface area contributed by atoms with Crippen molar-refractivity contribution in [2.75, 3.05) is 20.3 Å². The van der Waals surface area contributed by atoms with Crippen molar-refractivity contribution in [1.82, 2.24) is 0 Å². The van der Waals surface area contributed by atoms with E-state index in [2.05, 4.69) is 31.2 Å². The summed E-state index contributed by atoms with van der Waals surface area (Å²) in [6, 6.07) is 8.84. The number of ether oxygens (including phenoxy) is 1. The third-order valence-corrected chi connectivity index (χ3v) is 4.50. The Hall–Kier alpha value is -0.900. The van der Waals surface area contributed by atoms with Gasteiger partial charge in [0.2, 0.25) is 0 Å². The summed E-state index contributed by atoms with van der Waals surface area (Å²) in [4.78, 5) is 0. The molecule has 3 heteroatoms. The molecular formula is C20H35NO2. The summed E-state index contributed by atoms with van der Waals surface area (Å²) in [5.74, 6) is 0. The predicted octanol–water partition coefficient (Wildman–Crippen LogP) is 3.86. The smallest absolute Gasteiger partial charge is 0.0665 e. The monoisotopic (exact) mass is 321 g/mol. The van der Waals surface area contributed by atoms with E-state index in [1.807, 2.05) is 0 Å². The van der Waals surface area contributed by atoms with E-state index in [1.54, 1.807) is 7.11 Å². The van der Waals surface area contributed by atoms with Gasteiger partial charge in [0.05, 0.1) is 18.8 Å². The van der Waals surface area contributed by atoms with Gasteiger partial charge in [-0.05, 0) is 36.8 Å². The number of benzene rings is 1. The van der Waals surface area contributed by atoms with Crippen LogP contribution in [-0.2, 0) is 17.6 Å². The summed E-state index contributed by atoms with van der Waals surface area (Å²) in [6.45, 7) is 2.60. The minimum absolute atomic E-state index is 0.0447. The summed E-state index contributed by atoms with van der Waals surface area (Å²) in [5, 5.41) is 9.41. The first-order valence-electron chi connectivity index (χ1n) is 9.10. The Labute approximate surface area is 142 Å². The highest BCUT2D eigenvalue weighted by atomic mass is 16.5. The number of aliphatic hydroxyl groups excluding tert-OH is 1. The molecule has 0 radical (unpaired) electrons. The molecule has 3 N–H and O–H groups in total.